The summed E-state index contributed by atoms with van der Waals surface area (Å²) in [7, 11) is 0. The average molecular weight is 297 g/mol. The van der Waals surface area contributed by atoms with Gasteiger partial charge in [-0.05, 0) is 50.8 Å². The smallest absolute Gasteiger partial charge is 0.361 e. The van der Waals surface area contributed by atoms with Crippen molar-refractivity contribution in [1.29, 1.82) is 0 Å². The van der Waals surface area contributed by atoms with Crippen LogP contribution in [0.2, 0.25) is 0 Å². The van der Waals surface area contributed by atoms with Gasteiger partial charge in [-0.25, -0.2) is 4.73 Å². The highest BCUT2D eigenvalue weighted by atomic mass is 16.5. The number of nitrogens with zero attached hydrogens (tertiary/aromatic N) is 3. The molecule has 5 nitrogen and oxygen atoms in total. The normalized spacial score (nSPS) is 28.4. The van der Waals surface area contributed by atoms with Crippen molar-refractivity contribution in [1.82, 2.24) is 10.2 Å². The van der Waals surface area contributed by atoms with E-state index in [1.54, 1.807) is 0 Å². The lowest BCUT2D eigenvalue weighted by Gasteiger charge is -2.52. The van der Waals surface area contributed by atoms with Gasteiger partial charge in [0.1, 0.15) is 11.3 Å². The molecule has 2 aromatic rings. The van der Waals surface area contributed by atoms with Crippen LogP contribution in [0.25, 0.3) is 11.4 Å². The van der Waals surface area contributed by atoms with E-state index in [4.69, 9.17) is 4.74 Å². The molecule has 1 aromatic carbocycles. The van der Waals surface area contributed by atoms with Crippen molar-refractivity contribution in [2.24, 2.45) is 0 Å². The molecule has 1 aromatic heterocycles. The Kier molecular flexibility index (Phi) is 2.64. The van der Waals surface area contributed by atoms with Gasteiger partial charge in [0, 0.05) is 0 Å². The molecule has 114 valence electrons. The molecule has 0 N–H and O–H groups in total. The molecule has 2 atom stereocenters. The van der Waals surface area contributed by atoms with Gasteiger partial charge in [0.2, 0.25) is 0 Å². The van der Waals surface area contributed by atoms with Crippen molar-refractivity contribution in [3.8, 4) is 11.4 Å². The molecule has 0 radical (unpaired) electrons. The van der Waals surface area contributed by atoms with Gasteiger partial charge in [-0.2, -0.15) is 0 Å². The number of ether oxygens (including phenoxy) is 1. The van der Waals surface area contributed by atoms with E-state index in [1.165, 1.54) is 0 Å². The number of hydrogen-bond acceptors (Lipinski definition) is 4. The van der Waals surface area contributed by atoms with Crippen LogP contribution >= 0.6 is 0 Å². The molecular weight excluding hydrogens is 278 g/mol. The zero-order chi connectivity index (χ0) is 15.5. The molecule has 2 aliphatic heterocycles. The molecule has 3 heterocycles. The van der Waals surface area contributed by atoms with Gasteiger partial charge in [0.15, 0.2) is 5.69 Å². The lowest BCUT2D eigenvalue weighted by molar-refractivity contribution is -0.613. The molecule has 1 fully saturated rings. The van der Waals surface area contributed by atoms with E-state index in [1.807, 2.05) is 37.3 Å². The summed E-state index contributed by atoms with van der Waals surface area (Å²) in [5.41, 5.74) is 1.36. The fraction of sp³-hybridized carbons (Fsp3) is 0.471. The summed E-state index contributed by atoms with van der Waals surface area (Å²) in [4.78, 5) is 0. The SMILES string of the molecule is CC12CCC(c3c1nnc(-c1ccccc1)[n+]3[O-])C(C)(C)O2. The highest BCUT2D eigenvalue weighted by Crippen LogP contribution is 2.54. The largest absolute Gasteiger partial charge is 0.710 e. The van der Waals surface area contributed by atoms with Crippen molar-refractivity contribution < 1.29 is 9.47 Å². The summed E-state index contributed by atoms with van der Waals surface area (Å²) in [6, 6.07) is 9.49. The first-order valence-electron chi connectivity index (χ1n) is 7.69. The lowest BCUT2D eigenvalue weighted by Crippen LogP contribution is -2.58. The molecule has 0 spiro atoms. The maximum Gasteiger partial charge on any atom is 0.361 e. The zero-order valence-corrected chi connectivity index (χ0v) is 13.0. The van der Waals surface area contributed by atoms with Crippen molar-refractivity contribution in [2.45, 2.75) is 50.7 Å². The Hall–Kier alpha value is -2.01. The third-order valence-corrected chi connectivity index (χ3v) is 5.00. The van der Waals surface area contributed by atoms with Crippen molar-refractivity contribution in [2.75, 3.05) is 0 Å². The summed E-state index contributed by atoms with van der Waals surface area (Å²) >= 11 is 0. The van der Waals surface area contributed by atoms with Crippen LogP contribution in [-0.2, 0) is 10.3 Å². The monoisotopic (exact) mass is 297 g/mol. The predicted octanol–water partition coefficient (Wildman–Crippen LogP) is 2.68. The highest BCUT2D eigenvalue weighted by molar-refractivity contribution is 5.51. The Morgan fingerprint density at radius 3 is 2.59 bits per heavy atom. The molecule has 22 heavy (non-hydrogen) atoms. The summed E-state index contributed by atoms with van der Waals surface area (Å²) in [6.45, 7) is 6.13. The molecule has 0 saturated carbocycles. The third-order valence-electron chi connectivity index (χ3n) is 5.00. The molecule has 5 heteroatoms. The number of aromatic nitrogens is 3. The number of fused-ring (bicyclic) bond motifs is 2. The topological polar surface area (TPSA) is 62.0 Å². The second kappa shape index (κ2) is 4.26. The van der Waals surface area contributed by atoms with Gasteiger partial charge in [-0.15, -0.1) is 0 Å². The van der Waals surface area contributed by atoms with Gasteiger partial charge in [-0.1, -0.05) is 18.2 Å². The lowest BCUT2D eigenvalue weighted by atomic mass is 9.69. The first-order valence-corrected chi connectivity index (χ1v) is 7.69. The van der Waals surface area contributed by atoms with Crippen LogP contribution in [0.1, 0.15) is 50.9 Å². The molecule has 1 aliphatic carbocycles. The fourth-order valence-corrected chi connectivity index (χ4v) is 3.95. The van der Waals surface area contributed by atoms with Crippen LogP contribution in [0.5, 0.6) is 0 Å². The van der Waals surface area contributed by atoms with Gasteiger partial charge < -0.3 is 9.94 Å². The van der Waals surface area contributed by atoms with Crippen molar-refractivity contribution in [3.63, 3.8) is 0 Å². The van der Waals surface area contributed by atoms with Crippen molar-refractivity contribution >= 4 is 0 Å². The van der Waals surface area contributed by atoms with E-state index in [2.05, 4.69) is 24.0 Å². The van der Waals surface area contributed by atoms with Crippen LogP contribution in [0.4, 0.5) is 0 Å². The summed E-state index contributed by atoms with van der Waals surface area (Å²) < 4.78 is 7.21. The number of benzene rings is 1. The van der Waals surface area contributed by atoms with Gasteiger partial charge in [0.05, 0.1) is 22.2 Å². The Bertz CT molecular complexity index is 745. The van der Waals surface area contributed by atoms with Crippen LogP contribution in [-0.4, -0.2) is 15.8 Å². The first-order chi connectivity index (χ1) is 10.4. The Balaban J connectivity index is 1.96. The van der Waals surface area contributed by atoms with Gasteiger partial charge >= 0.3 is 5.82 Å². The maximum atomic E-state index is 13.0. The molecule has 2 unspecified atom stereocenters. The number of hydrogen-bond donors (Lipinski definition) is 0. The van der Waals surface area contributed by atoms with Crippen molar-refractivity contribution in [3.05, 3.63) is 46.9 Å². The van der Waals surface area contributed by atoms with E-state index in [0.717, 1.165) is 28.8 Å². The van der Waals surface area contributed by atoms with E-state index >= 15 is 0 Å². The summed E-state index contributed by atoms with van der Waals surface area (Å²) in [6.07, 6.45) is 1.83. The molecular formula is C17H19N3O2. The summed E-state index contributed by atoms with van der Waals surface area (Å²) in [5.74, 6) is 0.422. The van der Waals surface area contributed by atoms with E-state index in [0.29, 0.717) is 11.5 Å². The van der Waals surface area contributed by atoms with Crippen LogP contribution < -0.4 is 4.73 Å². The molecule has 3 aliphatic rings. The molecule has 1 saturated heterocycles. The van der Waals surface area contributed by atoms with Crippen LogP contribution in [0, 0.1) is 5.21 Å². The minimum Gasteiger partial charge on any atom is -0.710 e. The van der Waals surface area contributed by atoms with Crippen LogP contribution in [0.3, 0.4) is 0 Å². The fourth-order valence-electron chi connectivity index (χ4n) is 3.95. The molecule has 2 bridgehead atoms. The highest BCUT2D eigenvalue weighted by Gasteiger charge is 2.56. The molecule has 5 rings (SSSR count). The molecule has 0 amide bonds. The predicted molar refractivity (Wildman–Crippen MR) is 80.9 cm³/mol. The third kappa shape index (κ3) is 1.72. The zero-order valence-electron chi connectivity index (χ0n) is 13.0. The van der Waals surface area contributed by atoms with Gasteiger partial charge in [-0.3, -0.25) is 0 Å². The Labute approximate surface area is 129 Å². The second-order valence-corrected chi connectivity index (χ2v) is 6.95. The van der Waals surface area contributed by atoms with E-state index < -0.39 is 5.60 Å². The minimum atomic E-state index is -0.512. The maximum absolute atomic E-state index is 13.0. The summed E-state index contributed by atoms with van der Waals surface area (Å²) in [5, 5.41) is 21.6. The number of rotatable bonds is 1. The van der Waals surface area contributed by atoms with Crippen LogP contribution in [0.15, 0.2) is 30.3 Å². The first kappa shape index (κ1) is 13.6. The Morgan fingerprint density at radius 1 is 1.18 bits per heavy atom. The second-order valence-electron chi connectivity index (χ2n) is 6.95. The van der Waals surface area contributed by atoms with E-state index in [9.17, 15) is 5.21 Å². The van der Waals surface area contributed by atoms with Gasteiger partial charge in [0.25, 0.3) is 0 Å². The average Bonchev–Trinajstić information content (AvgIpc) is 2.47. The Morgan fingerprint density at radius 2 is 1.91 bits per heavy atom. The van der Waals surface area contributed by atoms with E-state index in [-0.39, 0.29) is 11.5 Å². The standard InChI is InChI=1S/C17H19N3O2/c1-16(2)12-9-10-17(3,22-16)14-13(12)20(21)15(19-18-14)11-7-5-4-6-8-11/h4-8,12H,9-10H2,1-3H3. The minimum absolute atomic E-state index is 0.0554. The quantitative estimate of drug-likeness (QED) is 0.600.